The number of hydrogen-bond acceptors (Lipinski definition) is 4. The highest BCUT2D eigenvalue weighted by atomic mass is 35.5. The topological polar surface area (TPSA) is 59.6 Å². The molecule has 0 bridgehead atoms. The molecule has 0 aliphatic rings. The molecule has 0 aliphatic carbocycles. The van der Waals surface area contributed by atoms with Crippen LogP contribution in [-0.2, 0) is 4.74 Å². The molecule has 0 unspecified atom stereocenters. The van der Waals surface area contributed by atoms with Gasteiger partial charge in [-0.05, 0) is 30.3 Å². The van der Waals surface area contributed by atoms with Gasteiger partial charge in [0.25, 0.3) is 0 Å². The molecule has 2 aromatic carbocycles. The minimum absolute atomic E-state index is 0.0846. The Morgan fingerprint density at radius 2 is 1.82 bits per heavy atom. The van der Waals surface area contributed by atoms with Crippen LogP contribution >= 0.6 is 23.2 Å². The lowest BCUT2D eigenvalue weighted by atomic mass is 10.3. The molecule has 0 heterocycles. The van der Waals surface area contributed by atoms with Gasteiger partial charge in [0.1, 0.15) is 19.0 Å². The van der Waals surface area contributed by atoms with Gasteiger partial charge in [0.2, 0.25) is 0 Å². The Morgan fingerprint density at radius 3 is 2.55 bits per heavy atom. The molecule has 2 aromatic rings. The fraction of sp³-hybridized carbons (Fsp3) is 0.133. The average molecular weight is 341 g/mol. The Bertz CT molecular complexity index is 623. The number of nitrogens with one attached hydrogen (secondary N) is 2. The summed E-state index contributed by atoms with van der Waals surface area (Å²) in [5, 5.41) is 0.933. The second-order valence-corrected chi connectivity index (χ2v) is 5.02. The van der Waals surface area contributed by atoms with Gasteiger partial charge in [-0.3, -0.25) is 5.43 Å². The van der Waals surface area contributed by atoms with E-state index in [1.807, 2.05) is 30.3 Å². The molecule has 1 amide bonds. The van der Waals surface area contributed by atoms with E-state index in [0.717, 1.165) is 5.69 Å². The lowest BCUT2D eigenvalue weighted by Crippen LogP contribution is -2.31. The number of hydrazine groups is 1. The second kappa shape index (κ2) is 8.36. The first-order valence-electron chi connectivity index (χ1n) is 6.47. The number of amides is 1. The van der Waals surface area contributed by atoms with E-state index in [-0.39, 0.29) is 13.2 Å². The molecule has 0 fully saturated rings. The Labute approximate surface area is 138 Å². The predicted molar refractivity (Wildman–Crippen MR) is 86.5 cm³/mol. The van der Waals surface area contributed by atoms with Crippen LogP contribution in [0.25, 0.3) is 0 Å². The zero-order valence-electron chi connectivity index (χ0n) is 11.5. The third-order valence-electron chi connectivity index (χ3n) is 2.55. The highest BCUT2D eigenvalue weighted by Gasteiger charge is 2.04. The van der Waals surface area contributed by atoms with Crippen molar-refractivity contribution in [2.75, 3.05) is 18.6 Å². The van der Waals surface area contributed by atoms with Crippen molar-refractivity contribution in [3.63, 3.8) is 0 Å². The molecule has 7 heteroatoms. The van der Waals surface area contributed by atoms with E-state index in [9.17, 15) is 4.79 Å². The predicted octanol–water partition coefficient (Wildman–Crippen LogP) is 4.13. The van der Waals surface area contributed by atoms with Crippen LogP contribution in [-0.4, -0.2) is 19.3 Å². The van der Waals surface area contributed by atoms with E-state index in [1.54, 1.807) is 18.2 Å². The van der Waals surface area contributed by atoms with Gasteiger partial charge in [0.15, 0.2) is 0 Å². The summed E-state index contributed by atoms with van der Waals surface area (Å²) in [4.78, 5) is 11.4. The number of hydrogen-bond donors (Lipinski definition) is 2. The fourth-order valence-electron chi connectivity index (χ4n) is 1.56. The van der Waals surface area contributed by atoms with Crippen molar-refractivity contribution < 1.29 is 14.3 Å². The minimum atomic E-state index is -0.602. The van der Waals surface area contributed by atoms with Crippen molar-refractivity contribution in [2.45, 2.75) is 0 Å². The summed E-state index contributed by atoms with van der Waals surface area (Å²) in [7, 11) is 0. The molecule has 0 atom stereocenters. The van der Waals surface area contributed by atoms with Crippen LogP contribution < -0.4 is 15.6 Å². The molecule has 0 saturated carbocycles. The standard InChI is InChI=1S/C15H14Cl2N2O3/c16-11-6-7-14(13(17)10-11)21-8-9-22-15(20)19-18-12-4-2-1-3-5-12/h1-7,10,18H,8-9H2,(H,19,20). The van der Waals surface area contributed by atoms with Crippen LogP contribution in [0.3, 0.4) is 0 Å². The molecule has 0 spiro atoms. The van der Waals surface area contributed by atoms with Gasteiger partial charge >= 0.3 is 6.09 Å². The van der Waals surface area contributed by atoms with E-state index >= 15 is 0 Å². The van der Waals surface area contributed by atoms with Crippen LogP contribution in [0.2, 0.25) is 10.0 Å². The number of carbonyl (C=O) groups excluding carboxylic acids is 1. The summed E-state index contributed by atoms with van der Waals surface area (Å²) in [5.74, 6) is 0.484. The second-order valence-electron chi connectivity index (χ2n) is 4.18. The third-order valence-corrected chi connectivity index (χ3v) is 3.08. The Balaban J connectivity index is 1.65. The van der Waals surface area contributed by atoms with E-state index in [4.69, 9.17) is 32.7 Å². The monoisotopic (exact) mass is 340 g/mol. The lowest BCUT2D eigenvalue weighted by molar-refractivity contribution is 0.127. The fourth-order valence-corrected chi connectivity index (χ4v) is 2.02. The van der Waals surface area contributed by atoms with Gasteiger partial charge in [-0.2, -0.15) is 0 Å². The highest BCUT2D eigenvalue weighted by Crippen LogP contribution is 2.27. The van der Waals surface area contributed by atoms with Crippen LogP contribution in [0, 0.1) is 0 Å². The first-order chi connectivity index (χ1) is 10.6. The Hall–Kier alpha value is -2.11. The maximum absolute atomic E-state index is 11.4. The highest BCUT2D eigenvalue weighted by molar-refractivity contribution is 6.35. The first-order valence-corrected chi connectivity index (χ1v) is 7.22. The Morgan fingerprint density at radius 1 is 1.05 bits per heavy atom. The molecule has 5 nitrogen and oxygen atoms in total. The van der Waals surface area contributed by atoms with Crippen LogP contribution in [0.1, 0.15) is 0 Å². The van der Waals surface area contributed by atoms with Crippen molar-refractivity contribution in [3.8, 4) is 5.75 Å². The average Bonchev–Trinajstić information content (AvgIpc) is 2.52. The van der Waals surface area contributed by atoms with E-state index in [2.05, 4.69) is 10.9 Å². The van der Waals surface area contributed by atoms with Gasteiger partial charge in [-0.25, -0.2) is 10.2 Å². The molecule has 116 valence electrons. The number of ether oxygens (including phenoxy) is 2. The number of carbonyl (C=O) groups is 1. The van der Waals surface area contributed by atoms with Gasteiger partial charge in [-0.1, -0.05) is 41.4 Å². The minimum Gasteiger partial charge on any atom is -0.488 e. The molecule has 0 aliphatic heterocycles. The summed E-state index contributed by atoms with van der Waals surface area (Å²) in [6.45, 7) is 0.265. The Kier molecular flexibility index (Phi) is 6.18. The number of anilines is 1. The van der Waals surface area contributed by atoms with Crippen molar-refractivity contribution in [2.24, 2.45) is 0 Å². The molecule has 2 N–H and O–H groups in total. The zero-order valence-corrected chi connectivity index (χ0v) is 13.0. The normalized spacial score (nSPS) is 9.91. The lowest BCUT2D eigenvalue weighted by Gasteiger charge is -2.10. The van der Waals surface area contributed by atoms with E-state index < -0.39 is 6.09 Å². The number of halogens is 2. The van der Waals surface area contributed by atoms with Gasteiger partial charge in [0, 0.05) is 5.02 Å². The molecule has 0 saturated heterocycles. The quantitative estimate of drug-likeness (QED) is 0.613. The summed E-state index contributed by atoms with van der Waals surface area (Å²) in [5.41, 5.74) is 5.88. The van der Waals surface area contributed by atoms with Crippen LogP contribution in [0.4, 0.5) is 10.5 Å². The van der Waals surface area contributed by atoms with Gasteiger partial charge in [-0.15, -0.1) is 0 Å². The van der Waals surface area contributed by atoms with E-state index in [0.29, 0.717) is 15.8 Å². The largest absolute Gasteiger partial charge is 0.488 e. The summed E-state index contributed by atoms with van der Waals surface area (Å²) < 4.78 is 10.3. The first kappa shape index (κ1) is 16.3. The van der Waals surface area contributed by atoms with Crippen molar-refractivity contribution >= 4 is 35.0 Å². The summed E-state index contributed by atoms with van der Waals surface area (Å²) in [6.07, 6.45) is -0.602. The number of rotatable bonds is 6. The molecule has 2 rings (SSSR count). The third kappa shape index (κ3) is 5.35. The molecular formula is C15H14Cl2N2O3. The maximum atomic E-state index is 11.4. The van der Waals surface area contributed by atoms with Crippen molar-refractivity contribution in [1.82, 2.24) is 5.43 Å². The van der Waals surface area contributed by atoms with Crippen molar-refractivity contribution in [1.29, 1.82) is 0 Å². The molecular weight excluding hydrogens is 327 g/mol. The summed E-state index contributed by atoms with van der Waals surface area (Å²) >= 11 is 11.7. The molecule has 22 heavy (non-hydrogen) atoms. The molecule has 0 radical (unpaired) electrons. The zero-order chi connectivity index (χ0) is 15.8. The molecule has 0 aromatic heterocycles. The van der Waals surface area contributed by atoms with Gasteiger partial charge in [0.05, 0.1) is 10.7 Å². The van der Waals surface area contributed by atoms with Crippen LogP contribution in [0.5, 0.6) is 5.75 Å². The SMILES string of the molecule is O=C(NNc1ccccc1)OCCOc1ccc(Cl)cc1Cl. The summed E-state index contributed by atoms with van der Waals surface area (Å²) in [6, 6.07) is 14.1. The van der Waals surface area contributed by atoms with Gasteiger partial charge < -0.3 is 9.47 Å². The smallest absolute Gasteiger partial charge is 0.426 e. The van der Waals surface area contributed by atoms with Crippen LogP contribution in [0.15, 0.2) is 48.5 Å². The van der Waals surface area contributed by atoms with Crippen molar-refractivity contribution in [3.05, 3.63) is 58.6 Å². The number of benzene rings is 2. The maximum Gasteiger partial charge on any atom is 0.426 e. The number of para-hydroxylation sites is 1. The van der Waals surface area contributed by atoms with E-state index in [1.165, 1.54) is 0 Å².